The maximum Gasteiger partial charge on any atom is 0.341 e. The molecule has 1 saturated heterocycles. The first kappa shape index (κ1) is 16.1. The summed E-state index contributed by atoms with van der Waals surface area (Å²) in [4.78, 5) is 27.9. The van der Waals surface area contributed by atoms with Crippen molar-refractivity contribution in [2.24, 2.45) is 5.92 Å². The molecule has 1 aromatic heterocycles. The largest absolute Gasteiger partial charge is 0.464 e. The van der Waals surface area contributed by atoms with Gasteiger partial charge in [0.15, 0.2) is 0 Å². The predicted octanol–water partition coefficient (Wildman–Crippen LogP) is 2.03. The van der Waals surface area contributed by atoms with Crippen molar-refractivity contribution < 1.29 is 18.8 Å². The Morgan fingerprint density at radius 1 is 1.68 bits per heavy atom. The summed E-state index contributed by atoms with van der Waals surface area (Å²) in [6.45, 7) is 4.00. The van der Waals surface area contributed by atoms with Gasteiger partial charge in [-0.3, -0.25) is 10.1 Å². The average molecular weight is 311 g/mol. The third-order valence-corrected chi connectivity index (χ3v) is 3.74. The summed E-state index contributed by atoms with van der Waals surface area (Å²) >= 11 is 0. The first-order valence-corrected chi connectivity index (χ1v) is 7.11. The Morgan fingerprint density at radius 3 is 3.05 bits per heavy atom. The highest BCUT2D eigenvalue weighted by molar-refractivity contribution is 5.75. The number of nitro groups is 1. The molecule has 1 aromatic rings. The lowest BCUT2D eigenvalue weighted by atomic mass is 10.0. The van der Waals surface area contributed by atoms with E-state index in [1.54, 1.807) is 24.8 Å². The number of rotatable bonds is 5. The zero-order valence-electron chi connectivity index (χ0n) is 12.5. The number of aromatic nitrogens is 1. The molecule has 1 aliphatic rings. The minimum absolute atomic E-state index is 0.0744. The lowest BCUT2D eigenvalue weighted by Crippen LogP contribution is -2.30. The van der Waals surface area contributed by atoms with E-state index in [1.165, 1.54) is 6.20 Å². The lowest BCUT2D eigenvalue weighted by Gasteiger charge is -2.19. The molecule has 0 aliphatic carbocycles. The molecule has 2 heterocycles. The molecule has 0 saturated carbocycles. The van der Waals surface area contributed by atoms with Gasteiger partial charge in [0.25, 0.3) is 0 Å². The monoisotopic (exact) mass is 311 g/mol. The maximum atomic E-state index is 14.1. The van der Waals surface area contributed by atoms with Gasteiger partial charge in [-0.15, -0.1) is 0 Å². The molecule has 1 fully saturated rings. The molecule has 0 radical (unpaired) electrons. The summed E-state index contributed by atoms with van der Waals surface area (Å²) in [5.41, 5.74) is 0.426. The zero-order valence-corrected chi connectivity index (χ0v) is 12.5. The average Bonchev–Trinajstić information content (AvgIpc) is 2.95. The minimum Gasteiger partial charge on any atom is -0.464 e. The summed E-state index contributed by atoms with van der Waals surface area (Å²) in [5, 5.41) is 11.2. The second-order valence-corrected chi connectivity index (χ2v) is 5.21. The lowest BCUT2D eigenvalue weighted by molar-refractivity contribution is -0.384. The molecule has 0 unspecified atom stereocenters. The molecule has 0 N–H and O–H groups in total. The number of nitrogens with zero attached hydrogens (tertiary/aromatic N) is 3. The Kier molecular flexibility index (Phi) is 4.89. The molecule has 0 aromatic carbocycles. The van der Waals surface area contributed by atoms with Gasteiger partial charge in [-0.25, -0.2) is 14.2 Å². The fourth-order valence-corrected chi connectivity index (χ4v) is 2.63. The highest BCUT2D eigenvalue weighted by atomic mass is 19.1. The van der Waals surface area contributed by atoms with Gasteiger partial charge < -0.3 is 9.64 Å². The van der Waals surface area contributed by atoms with Gasteiger partial charge in [0.1, 0.15) is 0 Å². The normalized spacial score (nSPS) is 19.0. The highest BCUT2D eigenvalue weighted by Gasteiger charge is 2.37. The molecule has 1 aliphatic heterocycles. The summed E-state index contributed by atoms with van der Waals surface area (Å²) in [5.74, 6) is -1.19. The van der Waals surface area contributed by atoms with Gasteiger partial charge in [0.05, 0.1) is 11.5 Å². The highest BCUT2D eigenvalue weighted by Crippen LogP contribution is 2.33. The topological polar surface area (TPSA) is 85.6 Å². The number of hydrogen-bond donors (Lipinski definition) is 0. The van der Waals surface area contributed by atoms with Crippen LogP contribution in [-0.4, -0.2) is 41.7 Å². The van der Waals surface area contributed by atoms with Crippen LogP contribution in [0.2, 0.25) is 0 Å². The van der Waals surface area contributed by atoms with E-state index in [2.05, 4.69) is 9.72 Å². The van der Waals surface area contributed by atoms with E-state index >= 15 is 0 Å². The molecule has 0 amide bonds. The minimum atomic E-state index is -1.71. The van der Waals surface area contributed by atoms with Crippen LogP contribution in [0.15, 0.2) is 12.3 Å². The van der Waals surface area contributed by atoms with Gasteiger partial charge in [0.2, 0.25) is 12.0 Å². The van der Waals surface area contributed by atoms with Crippen LogP contribution in [0.5, 0.6) is 0 Å². The second-order valence-electron chi connectivity index (χ2n) is 5.21. The number of anilines is 1. The summed E-state index contributed by atoms with van der Waals surface area (Å²) in [6.07, 6.45) is 0.199. The molecule has 0 bridgehead atoms. The molecular weight excluding hydrogens is 293 g/mol. The van der Waals surface area contributed by atoms with E-state index in [4.69, 9.17) is 0 Å². The number of halogens is 1. The van der Waals surface area contributed by atoms with E-state index in [-0.39, 0.29) is 24.7 Å². The number of esters is 1. The van der Waals surface area contributed by atoms with Crippen molar-refractivity contribution in [3.63, 3.8) is 0 Å². The van der Waals surface area contributed by atoms with Gasteiger partial charge in [-0.1, -0.05) is 0 Å². The van der Waals surface area contributed by atoms with Gasteiger partial charge in [0, 0.05) is 30.8 Å². The van der Waals surface area contributed by atoms with Crippen molar-refractivity contribution in [1.29, 1.82) is 0 Å². The van der Waals surface area contributed by atoms with E-state index in [0.29, 0.717) is 18.5 Å². The fourth-order valence-electron chi connectivity index (χ4n) is 2.63. The molecule has 2 rings (SSSR count). The Bertz CT molecular complexity index is 581. The molecule has 7 nitrogen and oxygen atoms in total. The van der Waals surface area contributed by atoms with Crippen LogP contribution in [-0.2, 0) is 9.53 Å². The molecule has 0 spiro atoms. The van der Waals surface area contributed by atoms with Gasteiger partial charge >= 0.3 is 11.7 Å². The van der Waals surface area contributed by atoms with Crippen molar-refractivity contribution in [2.45, 2.75) is 26.4 Å². The third-order valence-electron chi connectivity index (χ3n) is 3.74. The van der Waals surface area contributed by atoms with Crippen LogP contribution in [0.25, 0.3) is 0 Å². The van der Waals surface area contributed by atoms with Crippen LogP contribution in [0.3, 0.4) is 0 Å². The number of ether oxygens (including phenoxy) is 1. The Balaban J connectivity index is 2.16. The first-order chi connectivity index (χ1) is 10.5. The van der Waals surface area contributed by atoms with E-state index in [0.717, 1.165) is 0 Å². The molecule has 8 heteroatoms. The molecular formula is C14H18FN3O4. The van der Waals surface area contributed by atoms with Crippen LogP contribution in [0.4, 0.5) is 15.9 Å². The van der Waals surface area contributed by atoms with Crippen LogP contribution in [0.1, 0.15) is 18.9 Å². The smallest absolute Gasteiger partial charge is 0.341 e. The number of aryl methyl sites for hydroxylation is 1. The first-order valence-electron chi connectivity index (χ1n) is 7.11. The molecule has 22 heavy (non-hydrogen) atoms. The maximum absolute atomic E-state index is 14.1. The summed E-state index contributed by atoms with van der Waals surface area (Å²) < 4.78 is 18.7. The summed E-state index contributed by atoms with van der Waals surface area (Å²) in [6, 6.07) is 1.56. The standard InChI is InChI=1S/C14H18FN3O4/c1-3-22-14(19)11(15)10-5-7-17(8-10)13-12(18(20)21)9(2)4-6-16-13/h4,6,10-11H,3,5,7-8H2,1-2H3/t10-,11-/m0/s1. The molecule has 2 atom stereocenters. The van der Waals surface area contributed by atoms with Crippen molar-refractivity contribution in [1.82, 2.24) is 4.98 Å². The zero-order chi connectivity index (χ0) is 16.3. The SMILES string of the molecule is CCOC(=O)[C@@H](F)[C@H]1CCN(c2nccc(C)c2[N+](=O)[O-])C1. The van der Waals surface area contributed by atoms with Crippen molar-refractivity contribution >= 4 is 17.5 Å². The van der Waals surface area contributed by atoms with Crippen LogP contribution in [0, 0.1) is 23.0 Å². The Labute approximate surface area is 127 Å². The Hall–Kier alpha value is -2.25. The quantitative estimate of drug-likeness (QED) is 0.470. The van der Waals surface area contributed by atoms with Gasteiger partial charge in [-0.2, -0.15) is 0 Å². The number of alkyl halides is 1. The van der Waals surface area contributed by atoms with E-state index in [9.17, 15) is 19.3 Å². The predicted molar refractivity (Wildman–Crippen MR) is 77.5 cm³/mol. The van der Waals surface area contributed by atoms with Crippen molar-refractivity contribution in [2.75, 3.05) is 24.6 Å². The third kappa shape index (κ3) is 3.15. The second kappa shape index (κ2) is 6.67. The number of pyridine rings is 1. The number of hydrogen-bond acceptors (Lipinski definition) is 6. The van der Waals surface area contributed by atoms with E-state index in [1.807, 2.05) is 0 Å². The fraction of sp³-hybridized carbons (Fsp3) is 0.571. The van der Waals surface area contributed by atoms with Crippen LogP contribution >= 0.6 is 0 Å². The van der Waals surface area contributed by atoms with Gasteiger partial charge in [-0.05, 0) is 26.3 Å². The van der Waals surface area contributed by atoms with Crippen LogP contribution < -0.4 is 4.90 Å². The molecule has 120 valence electrons. The Morgan fingerprint density at radius 2 is 2.41 bits per heavy atom. The van der Waals surface area contributed by atoms with Crippen molar-refractivity contribution in [3.05, 3.63) is 27.9 Å². The number of carbonyl (C=O) groups is 1. The number of carbonyl (C=O) groups excluding carboxylic acids is 1. The summed E-state index contributed by atoms with van der Waals surface area (Å²) in [7, 11) is 0. The van der Waals surface area contributed by atoms with E-state index < -0.39 is 23.0 Å². The van der Waals surface area contributed by atoms with Crippen molar-refractivity contribution in [3.8, 4) is 0 Å².